The zero-order valence-electron chi connectivity index (χ0n) is 15.6. The molecule has 0 bridgehead atoms. The molecule has 2 heterocycles. The van der Waals surface area contributed by atoms with E-state index in [1.165, 1.54) is 17.3 Å². The number of nitrogens with zero attached hydrogens (tertiary/aromatic N) is 3. The smallest absolute Gasteiger partial charge is 0.139 e. The fraction of sp³-hybridized carbons (Fsp3) is 0.273. The monoisotopic (exact) mass is 362 g/mol. The summed E-state index contributed by atoms with van der Waals surface area (Å²) in [5.41, 5.74) is 3.26. The Kier molecular flexibility index (Phi) is 4.75. The minimum Gasteiger partial charge on any atom is -0.370 e. The molecule has 0 radical (unpaired) electrons. The van der Waals surface area contributed by atoms with Gasteiger partial charge in [-0.3, -0.25) is 0 Å². The Morgan fingerprint density at radius 3 is 2.74 bits per heavy atom. The summed E-state index contributed by atoms with van der Waals surface area (Å²) in [6, 6.07) is 17.7. The lowest BCUT2D eigenvalue weighted by molar-refractivity contribution is 0.610. The molecule has 1 aliphatic heterocycles. The molecule has 0 amide bonds. The zero-order chi connectivity index (χ0) is 18.8. The molecule has 138 valence electrons. The van der Waals surface area contributed by atoms with E-state index in [2.05, 4.69) is 51.4 Å². The van der Waals surface area contributed by atoms with Gasteiger partial charge in [0.1, 0.15) is 23.3 Å². The van der Waals surface area contributed by atoms with Crippen molar-refractivity contribution < 1.29 is 4.39 Å². The van der Waals surface area contributed by atoms with Gasteiger partial charge in [0, 0.05) is 24.3 Å². The number of anilines is 3. The molecular weight excluding hydrogens is 339 g/mol. The topological polar surface area (TPSA) is 41.1 Å². The fourth-order valence-electron chi connectivity index (χ4n) is 3.71. The summed E-state index contributed by atoms with van der Waals surface area (Å²) in [5.74, 6) is 2.22. The first kappa shape index (κ1) is 17.5. The van der Waals surface area contributed by atoms with Crippen molar-refractivity contribution in [3.05, 3.63) is 77.4 Å². The predicted molar refractivity (Wildman–Crippen MR) is 107 cm³/mol. The van der Waals surface area contributed by atoms with E-state index in [9.17, 15) is 4.39 Å². The van der Waals surface area contributed by atoms with E-state index in [1.807, 2.05) is 25.1 Å². The van der Waals surface area contributed by atoms with E-state index in [4.69, 9.17) is 0 Å². The van der Waals surface area contributed by atoms with Crippen molar-refractivity contribution >= 4 is 17.3 Å². The maximum absolute atomic E-state index is 13.8. The summed E-state index contributed by atoms with van der Waals surface area (Å²) < 4.78 is 13.8. The quantitative estimate of drug-likeness (QED) is 0.717. The Labute approximate surface area is 159 Å². The normalized spacial score (nSPS) is 15.7. The third kappa shape index (κ3) is 3.63. The molecule has 0 saturated carbocycles. The van der Waals surface area contributed by atoms with Crippen molar-refractivity contribution in [2.75, 3.05) is 16.8 Å². The molecule has 1 N–H and O–H groups in total. The van der Waals surface area contributed by atoms with Crippen LogP contribution in [0.15, 0.2) is 54.6 Å². The van der Waals surface area contributed by atoms with Crippen LogP contribution in [-0.4, -0.2) is 22.6 Å². The van der Waals surface area contributed by atoms with E-state index in [1.54, 1.807) is 6.07 Å². The average molecular weight is 362 g/mol. The van der Waals surface area contributed by atoms with Crippen LogP contribution in [0, 0.1) is 12.7 Å². The van der Waals surface area contributed by atoms with Crippen molar-refractivity contribution in [1.82, 2.24) is 9.97 Å². The van der Waals surface area contributed by atoms with Crippen LogP contribution in [0.2, 0.25) is 0 Å². The summed E-state index contributed by atoms with van der Waals surface area (Å²) in [6.07, 6.45) is 1.61. The minimum absolute atomic E-state index is 0.165. The highest BCUT2D eigenvalue weighted by atomic mass is 19.1. The zero-order valence-corrected chi connectivity index (χ0v) is 15.6. The Hall–Kier alpha value is -2.95. The van der Waals surface area contributed by atoms with E-state index in [-0.39, 0.29) is 5.82 Å². The van der Waals surface area contributed by atoms with Gasteiger partial charge in [-0.1, -0.05) is 36.4 Å². The second kappa shape index (κ2) is 7.35. The van der Waals surface area contributed by atoms with Crippen molar-refractivity contribution in [1.29, 1.82) is 0 Å². The van der Waals surface area contributed by atoms with Crippen molar-refractivity contribution in [2.24, 2.45) is 0 Å². The van der Waals surface area contributed by atoms with Gasteiger partial charge < -0.3 is 10.2 Å². The molecule has 3 aromatic rings. The number of para-hydroxylation sites is 1. The number of aryl methyl sites for hydroxylation is 1. The van der Waals surface area contributed by atoms with Crippen LogP contribution in [0.4, 0.5) is 21.7 Å². The van der Waals surface area contributed by atoms with Gasteiger partial charge in [0.2, 0.25) is 0 Å². The molecule has 4 nitrogen and oxygen atoms in total. The number of nitrogens with one attached hydrogen (secondary N) is 1. The lowest BCUT2D eigenvalue weighted by Gasteiger charge is -2.24. The highest BCUT2D eigenvalue weighted by molar-refractivity contribution is 5.70. The lowest BCUT2D eigenvalue weighted by Crippen LogP contribution is -2.25. The number of fused-ring (bicyclic) bond motifs is 1. The third-order valence-corrected chi connectivity index (χ3v) is 4.94. The van der Waals surface area contributed by atoms with Gasteiger partial charge >= 0.3 is 0 Å². The molecule has 1 aromatic heterocycles. The van der Waals surface area contributed by atoms with Crippen LogP contribution < -0.4 is 10.2 Å². The second-order valence-corrected chi connectivity index (χ2v) is 6.98. The molecule has 0 spiro atoms. The molecule has 2 aromatic carbocycles. The van der Waals surface area contributed by atoms with Gasteiger partial charge in [-0.2, -0.15) is 0 Å². The first-order valence-corrected chi connectivity index (χ1v) is 9.32. The number of halogens is 1. The molecule has 5 heteroatoms. The van der Waals surface area contributed by atoms with E-state index in [0.29, 0.717) is 24.6 Å². The fourth-order valence-corrected chi connectivity index (χ4v) is 3.71. The molecule has 0 saturated heterocycles. The summed E-state index contributed by atoms with van der Waals surface area (Å²) in [7, 11) is 0. The minimum atomic E-state index is -0.165. The van der Waals surface area contributed by atoms with Crippen LogP contribution in [0.3, 0.4) is 0 Å². The average Bonchev–Trinajstić information content (AvgIpc) is 2.98. The summed E-state index contributed by atoms with van der Waals surface area (Å²) in [6.45, 7) is 4.73. The van der Waals surface area contributed by atoms with Crippen LogP contribution in [0.25, 0.3) is 0 Å². The predicted octanol–water partition coefficient (Wildman–Crippen LogP) is 4.66. The van der Waals surface area contributed by atoms with Crippen molar-refractivity contribution in [3.8, 4) is 0 Å². The number of benzene rings is 2. The molecule has 27 heavy (non-hydrogen) atoms. The van der Waals surface area contributed by atoms with E-state index < -0.39 is 0 Å². The number of rotatable bonds is 5. The van der Waals surface area contributed by atoms with E-state index in [0.717, 1.165) is 23.9 Å². The molecule has 1 atom stereocenters. The molecule has 0 aliphatic carbocycles. The first-order chi connectivity index (χ1) is 13.1. The van der Waals surface area contributed by atoms with Crippen LogP contribution in [-0.2, 0) is 12.8 Å². The summed E-state index contributed by atoms with van der Waals surface area (Å²) in [5, 5.41) is 3.32. The molecule has 0 fully saturated rings. The van der Waals surface area contributed by atoms with E-state index >= 15 is 0 Å². The number of hydrogen-bond acceptors (Lipinski definition) is 4. The van der Waals surface area contributed by atoms with Crippen molar-refractivity contribution in [2.45, 2.75) is 32.7 Å². The molecule has 1 unspecified atom stereocenters. The third-order valence-electron chi connectivity index (χ3n) is 4.94. The lowest BCUT2D eigenvalue weighted by atomic mass is 10.1. The highest BCUT2D eigenvalue weighted by Crippen LogP contribution is 2.37. The first-order valence-electron chi connectivity index (χ1n) is 9.32. The maximum Gasteiger partial charge on any atom is 0.139 e. The van der Waals surface area contributed by atoms with Gasteiger partial charge in [0.25, 0.3) is 0 Å². The van der Waals surface area contributed by atoms with Crippen LogP contribution in [0.1, 0.15) is 23.9 Å². The van der Waals surface area contributed by atoms with Gasteiger partial charge in [0.05, 0.1) is 0 Å². The van der Waals surface area contributed by atoms with Crippen molar-refractivity contribution in [3.63, 3.8) is 0 Å². The number of aromatic nitrogens is 2. The molecule has 1 aliphatic rings. The van der Waals surface area contributed by atoms with Gasteiger partial charge in [-0.05, 0) is 49.9 Å². The highest BCUT2D eigenvalue weighted by Gasteiger charge is 2.28. The Morgan fingerprint density at radius 1 is 1.11 bits per heavy atom. The summed E-state index contributed by atoms with van der Waals surface area (Å²) in [4.78, 5) is 11.4. The Balaban J connectivity index is 1.53. The Morgan fingerprint density at radius 2 is 1.89 bits per heavy atom. The molecular formula is C22H23FN4. The van der Waals surface area contributed by atoms with Gasteiger partial charge in [-0.25, -0.2) is 14.4 Å². The van der Waals surface area contributed by atoms with Crippen LogP contribution >= 0.6 is 0 Å². The number of hydrogen-bond donors (Lipinski definition) is 1. The maximum atomic E-state index is 13.8. The summed E-state index contributed by atoms with van der Waals surface area (Å²) >= 11 is 0. The standard InChI is InChI=1S/C22H23FN4/c1-15-13-18-8-4-6-10-20(18)27(15)22-14-21(25-16(2)26-22)24-12-11-17-7-3-5-9-19(17)23/h3-10,14-15H,11-13H2,1-2H3,(H,24,25,26). The van der Waals surface area contributed by atoms with Gasteiger partial charge in [-0.15, -0.1) is 0 Å². The second-order valence-electron chi connectivity index (χ2n) is 6.98. The van der Waals surface area contributed by atoms with Gasteiger partial charge in [0.15, 0.2) is 0 Å². The largest absolute Gasteiger partial charge is 0.370 e. The SMILES string of the molecule is Cc1nc(NCCc2ccccc2F)cc(N2c3ccccc3CC2C)n1. The molecule has 4 rings (SSSR count). The van der Waals surface area contributed by atoms with Crippen LogP contribution in [0.5, 0.6) is 0 Å². The Bertz CT molecular complexity index is 957.